The monoisotopic (exact) mass is 397 g/mol. The van der Waals surface area contributed by atoms with Crippen molar-refractivity contribution in [1.82, 2.24) is 15.5 Å². The van der Waals surface area contributed by atoms with Crippen molar-refractivity contribution in [2.75, 3.05) is 13.1 Å². The molecule has 0 radical (unpaired) electrons. The van der Waals surface area contributed by atoms with E-state index in [4.69, 9.17) is 11.5 Å². The summed E-state index contributed by atoms with van der Waals surface area (Å²) in [5.74, 6) is -1.31. The minimum atomic E-state index is -0.797. The smallest absolute Gasteiger partial charge is 0.243 e. The first-order chi connectivity index (χ1) is 13.0. The number of carbonyl (C=O) groups is 4. The maximum absolute atomic E-state index is 12.8. The Hall–Kier alpha value is -2.16. The van der Waals surface area contributed by atoms with Gasteiger partial charge in [-0.15, -0.1) is 0 Å². The van der Waals surface area contributed by atoms with Crippen LogP contribution in [0.25, 0.3) is 0 Å². The average Bonchev–Trinajstić information content (AvgIpc) is 3.06. The Kier molecular flexibility index (Phi) is 9.37. The van der Waals surface area contributed by atoms with Gasteiger partial charge in [0.05, 0.1) is 12.6 Å². The second kappa shape index (κ2) is 11.0. The van der Waals surface area contributed by atoms with Gasteiger partial charge in [0.1, 0.15) is 12.1 Å². The second-order valence-electron chi connectivity index (χ2n) is 8.30. The molecule has 3 atom stereocenters. The maximum atomic E-state index is 12.8. The fraction of sp³-hybridized carbons (Fsp3) is 0.789. The third-order valence-electron chi connectivity index (χ3n) is 4.66. The molecule has 160 valence electrons. The number of rotatable bonds is 10. The van der Waals surface area contributed by atoms with Crippen molar-refractivity contribution in [3.05, 3.63) is 0 Å². The van der Waals surface area contributed by atoms with Crippen LogP contribution in [-0.4, -0.2) is 59.7 Å². The number of hydrogen-bond donors (Lipinski definition) is 4. The van der Waals surface area contributed by atoms with Gasteiger partial charge in [0.15, 0.2) is 0 Å². The quantitative estimate of drug-likeness (QED) is 0.392. The summed E-state index contributed by atoms with van der Waals surface area (Å²) in [4.78, 5) is 50.3. The SMILES string of the molecule is CC(C)C[C@H](NC(=O)[C@@H]1CCCN1C(=O)[C@@H](N)CC(C)C)C(=O)NCC(N)=O. The third-order valence-corrected chi connectivity index (χ3v) is 4.66. The summed E-state index contributed by atoms with van der Waals surface area (Å²) in [5.41, 5.74) is 11.1. The molecule has 9 nitrogen and oxygen atoms in total. The minimum Gasteiger partial charge on any atom is -0.368 e. The molecule has 9 heteroatoms. The molecule has 0 spiro atoms. The van der Waals surface area contributed by atoms with Gasteiger partial charge in [0.2, 0.25) is 23.6 Å². The van der Waals surface area contributed by atoms with Gasteiger partial charge in [-0.1, -0.05) is 27.7 Å². The van der Waals surface area contributed by atoms with E-state index in [2.05, 4.69) is 10.6 Å². The van der Waals surface area contributed by atoms with Crippen LogP contribution in [0.5, 0.6) is 0 Å². The molecular weight excluding hydrogens is 362 g/mol. The number of nitrogens with zero attached hydrogens (tertiary/aromatic N) is 1. The van der Waals surface area contributed by atoms with Crippen LogP contribution < -0.4 is 22.1 Å². The van der Waals surface area contributed by atoms with E-state index in [1.54, 1.807) is 0 Å². The van der Waals surface area contributed by atoms with Gasteiger partial charge in [0.25, 0.3) is 0 Å². The lowest BCUT2D eigenvalue weighted by molar-refractivity contribution is -0.140. The van der Waals surface area contributed by atoms with Crippen molar-refractivity contribution >= 4 is 23.6 Å². The number of carbonyl (C=O) groups excluding carboxylic acids is 4. The molecule has 0 aromatic heterocycles. The fourth-order valence-electron chi connectivity index (χ4n) is 3.39. The molecule has 1 rings (SSSR count). The van der Waals surface area contributed by atoms with Crippen molar-refractivity contribution in [2.45, 2.75) is 71.5 Å². The van der Waals surface area contributed by atoms with Gasteiger partial charge in [0, 0.05) is 6.54 Å². The highest BCUT2D eigenvalue weighted by Gasteiger charge is 2.37. The van der Waals surface area contributed by atoms with Gasteiger partial charge in [-0.05, 0) is 37.5 Å². The number of likely N-dealkylation sites (tertiary alicyclic amines) is 1. The lowest BCUT2D eigenvalue weighted by atomic mass is 10.0. The normalized spacial score (nSPS) is 18.8. The number of hydrogen-bond acceptors (Lipinski definition) is 5. The molecule has 0 bridgehead atoms. The van der Waals surface area contributed by atoms with E-state index in [1.807, 2.05) is 27.7 Å². The standard InChI is InChI=1S/C19H35N5O4/c1-11(2)8-13(20)19(28)24-7-5-6-15(24)18(27)23-14(9-12(3)4)17(26)22-10-16(21)25/h11-15H,5-10,20H2,1-4H3,(H2,21,25)(H,22,26)(H,23,27)/t13-,14-,15-/m0/s1. The van der Waals surface area contributed by atoms with Gasteiger partial charge in [-0.2, -0.15) is 0 Å². The summed E-state index contributed by atoms with van der Waals surface area (Å²) in [6, 6.07) is -2.07. The predicted octanol–water partition coefficient (Wildman–Crippen LogP) is -0.517. The highest BCUT2D eigenvalue weighted by atomic mass is 16.2. The first kappa shape index (κ1) is 23.9. The number of nitrogens with one attached hydrogen (secondary N) is 2. The van der Waals surface area contributed by atoms with E-state index in [-0.39, 0.29) is 30.2 Å². The molecule has 1 fully saturated rings. The summed E-state index contributed by atoms with van der Waals surface area (Å²) in [6.45, 7) is 8.02. The highest BCUT2D eigenvalue weighted by molar-refractivity contribution is 5.94. The molecule has 1 heterocycles. The Bertz CT molecular complexity index is 579. The van der Waals surface area contributed by atoms with Crippen LogP contribution in [0.2, 0.25) is 0 Å². The van der Waals surface area contributed by atoms with Crippen LogP contribution >= 0.6 is 0 Å². The van der Waals surface area contributed by atoms with Crippen LogP contribution in [0.15, 0.2) is 0 Å². The summed E-state index contributed by atoms with van der Waals surface area (Å²) >= 11 is 0. The fourth-order valence-corrected chi connectivity index (χ4v) is 3.39. The van der Waals surface area contributed by atoms with Crippen LogP contribution in [0.4, 0.5) is 0 Å². The Morgan fingerprint density at radius 3 is 2.21 bits per heavy atom. The molecule has 1 saturated heterocycles. The van der Waals surface area contributed by atoms with Crippen LogP contribution in [0.1, 0.15) is 53.4 Å². The number of primary amides is 1. The van der Waals surface area contributed by atoms with E-state index < -0.39 is 29.9 Å². The van der Waals surface area contributed by atoms with Crippen molar-refractivity contribution in [1.29, 1.82) is 0 Å². The first-order valence-corrected chi connectivity index (χ1v) is 9.95. The van der Waals surface area contributed by atoms with E-state index in [0.29, 0.717) is 32.2 Å². The number of nitrogens with two attached hydrogens (primary N) is 2. The minimum absolute atomic E-state index is 0.144. The Balaban J connectivity index is 2.80. The van der Waals surface area contributed by atoms with Gasteiger partial charge >= 0.3 is 0 Å². The molecule has 0 aromatic carbocycles. The van der Waals surface area contributed by atoms with E-state index in [9.17, 15) is 19.2 Å². The summed E-state index contributed by atoms with van der Waals surface area (Å²) < 4.78 is 0. The maximum Gasteiger partial charge on any atom is 0.243 e. The van der Waals surface area contributed by atoms with Gasteiger partial charge in [-0.3, -0.25) is 19.2 Å². The largest absolute Gasteiger partial charge is 0.368 e. The lowest BCUT2D eigenvalue weighted by Crippen LogP contribution is -2.56. The Labute approximate surface area is 166 Å². The zero-order chi connectivity index (χ0) is 21.4. The summed E-state index contributed by atoms with van der Waals surface area (Å²) in [7, 11) is 0. The molecule has 0 aromatic rings. The van der Waals surface area contributed by atoms with Gasteiger partial charge < -0.3 is 27.0 Å². The Morgan fingerprint density at radius 2 is 1.68 bits per heavy atom. The number of amides is 4. The first-order valence-electron chi connectivity index (χ1n) is 9.95. The summed E-state index contributed by atoms with van der Waals surface area (Å²) in [5, 5.41) is 5.17. The topological polar surface area (TPSA) is 148 Å². The van der Waals surface area contributed by atoms with Crippen molar-refractivity contribution in [2.24, 2.45) is 23.3 Å². The second-order valence-corrected chi connectivity index (χ2v) is 8.30. The van der Waals surface area contributed by atoms with Crippen LogP contribution in [-0.2, 0) is 19.2 Å². The average molecular weight is 398 g/mol. The summed E-state index contributed by atoms with van der Waals surface area (Å²) in [6.07, 6.45) is 2.20. The molecule has 1 aliphatic rings. The lowest BCUT2D eigenvalue weighted by Gasteiger charge is -2.29. The van der Waals surface area contributed by atoms with Crippen molar-refractivity contribution in [3.8, 4) is 0 Å². The van der Waals surface area contributed by atoms with Crippen LogP contribution in [0, 0.1) is 11.8 Å². The molecule has 0 saturated carbocycles. The highest BCUT2D eigenvalue weighted by Crippen LogP contribution is 2.20. The van der Waals surface area contributed by atoms with Crippen molar-refractivity contribution in [3.63, 3.8) is 0 Å². The van der Waals surface area contributed by atoms with Crippen LogP contribution in [0.3, 0.4) is 0 Å². The van der Waals surface area contributed by atoms with Gasteiger partial charge in [-0.25, -0.2) is 0 Å². The van der Waals surface area contributed by atoms with Crippen molar-refractivity contribution < 1.29 is 19.2 Å². The third kappa shape index (κ3) is 7.46. The van der Waals surface area contributed by atoms with E-state index in [1.165, 1.54) is 4.90 Å². The zero-order valence-electron chi connectivity index (χ0n) is 17.4. The molecule has 4 amide bonds. The molecular formula is C19H35N5O4. The molecule has 0 aliphatic carbocycles. The Morgan fingerprint density at radius 1 is 1.07 bits per heavy atom. The van der Waals surface area contributed by atoms with E-state index >= 15 is 0 Å². The molecule has 28 heavy (non-hydrogen) atoms. The van der Waals surface area contributed by atoms with E-state index in [0.717, 1.165) is 0 Å². The predicted molar refractivity (Wildman–Crippen MR) is 106 cm³/mol. The molecule has 1 aliphatic heterocycles. The molecule has 6 N–H and O–H groups in total. The zero-order valence-corrected chi connectivity index (χ0v) is 17.4. The molecule has 0 unspecified atom stereocenters.